The van der Waals surface area contributed by atoms with E-state index in [-0.39, 0.29) is 29.7 Å². The lowest BCUT2D eigenvalue weighted by Gasteiger charge is -2.19. The Kier molecular flexibility index (Phi) is 6.53. The van der Waals surface area contributed by atoms with Crippen molar-refractivity contribution >= 4 is 27.7 Å². The Morgan fingerprint density at radius 2 is 2.00 bits per heavy atom. The van der Waals surface area contributed by atoms with Crippen molar-refractivity contribution in [2.24, 2.45) is 0 Å². The smallest absolute Gasteiger partial charge is 0.239 e. The summed E-state index contributed by atoms with van der Waals surface area (Å²) in [7, 11) is 0. The number of hydrogen-bond acceptors (Lipinski definition) is 2. The maximum atomic E-state index is 11.3. The summed E-state index contributed by atoms with van der Waals surface area (Å²) >= 11 is 3.07. The van der Waals surface area contributed by atoms with Crippen molar-refractivity contribution in [3.05, 3.63) is 0 Å². The summed E-state index contributed by atoms with van der Waals surface area (Å²) in [4.78, 5) is 24.1. The van der Waals surface area contributed by atoms with Gasteiger partial charge in [0.1, 0.15) is 0 Å². The topological polar surface area (TPSA) is 49.4 Å². The Morgan fingerprint density at radius 1 is 1.43 bits per heavy atom. The molecule has 0 aromatic rings. The molecule has 4 nitrogen and oxygen atoms in total. The zero-order valence-corrected chi connectivity index (χ0v) is 10.4. The van der Waals surface area contributed by atoms with Gasteiger partial charge in [0.25, 0.3) is 0 Å². The lowest BCUT2D eigenvalue weighted by atomic mass is 10.3. The summed E-state index contributed by atoms with van der Waals surface area (Å²) < 4.78 is 0. The van der Waals surface area contributed by atoms with Crippen LogP contribution in [0, 0.1) is 0 Å². The van der Waals surface area contributed by atoms with Crippen molar-refractivity contribution in [2.75, 3.05) is 18.4 Å². The molecule has 0 aliphatic carbocycles. The molecule has 0 aromatic heterocycles. The number of carbonyl (C=O) groups is 2. The standard InChI is InChI=1S/C9H17BrN2O2/c1-4-12(9(14)5-10)6-8(13)11-7(2)3/h7H,4-6H2,1-3H3,(H,11,13). The van der Waals surface area contributed by atoms with Crippen molar-refractivity contribution in [3.63, 3.8) is 0 Å². The Hall–Kier alpha value is -0.580. The summed E-state index contributed by atoms with van der Waals surface area (Å²) in [5.41, 5.74) is 0. The number of halogens is 1. The second kappa shape index (κ2) is 6.81. The number of rotatable bonds is 5. The van der Waals surface area contributed by atoms with Crippen LogP contribution in [0.1, 0.15) is 20.8 Å². The molecule has 0 aliphatic rings. The van der Waals surface area contributed by atoms with E-state index in [2.05, 4.69) is 21.2 Å². The van der Waals surface area contributed by atoms with E-state index in [1.54, 1.807) is 0 Å². The van der Waals surface area contributed by atoms with E-state index in [4.69, 9.17) is 0 Å². The average molecular weight is 265 g/mol. The van der Waals surface area contributed by atoms with Gasteiger partial charge in [-0.2, -0.15) is 0 Å². The van der Waals surface area contributed by atoms with Crippen LogP contribution >= 0.6 is 15.9 Å². The molecule has 2 amide bonds. The minimum atomic E-state index is -0.115. The van der Waals surface area contributed by atoms with Crippen LogP contribution < -0.4 is 5.32 Å². The van der Waals surface area contributed by atoms with Gasteiger partial charge in [-0.25, -0.2) is 0 Å². The zero-order valence-electron chi connectivity index (χ0n) is 8.84. The lowest BCUT2D eigenvalue weighted by Crippen LogP contribution is -2.43. The number of nitrogens with one attached hydrogen (secondary N) is 1. The van der Waals surface area contributed by atoms with Gasteiger partial charge in [0, 0.05) is 12.6 Å². The van der Waals surface area contributed by atoms with E-state index in [0.717, 1.165) is 0 Å². The molecule has 0 unspecified atom stereocenters. The normalized spacial score (nSPS) is 10.1. The predicted octanol–water partition coefficient (Wildman–Crippen LogP) is 0.754. The highest BCUT2D eigenvalue weighted by Crippen LogP contribution is 1.93. The molecule has 0 fully saturated rings. The third-order valence-corrected chi connectivity index (χ3v) is 2.11. The number of hydrogen-bond donors (Lipinski definition) is 1. The molecule has 5 heteroatoms. The third kappa shape index (κ3) is 5.21. The number of nitrogens with zero attached hydrogens (tertiary/aromatic N) is 1. The second-order valence-corrected chi connectivity index (χ2v) is 3.82. The number of likely N-dealkylation sites (N-methyl/N-ethyl adjacent to an activating group) is 1. The molecule has 82 valence electrons. The molecule has 0 aliphatic heterocycles. The van der Waals surface area contributed by atoms with Gasteiger partial charge in [-0.05, 0) is 20.8 Å². The maximum Gasteiger partial charge on any atom is 0.239 e. The van der Waals surface area contributed by atoms with Crippen LogP contribution in [0.5, 0.6) is 0 Å². The number of alkyl halides is 1. The second-order valence-electron chi connectivity index (χ2n) is 3.26. The highest BCUT2D eigenvalue weighted by molar-refractivity contribution is 9.09. The van der Waals surface area contributed by atoms with E-state index in [9.17, 15) is 9.59 Å². The van der Waals surface area contributed by atoms with E-state index < -0.39 is 0 Å². The highest BCUT2D eigenvalue weighted by Gasteiger charge is 2.14. The Balaban J connectivity index is 4.05. The van der Waals surface area contributed by atoms with E-state index in [1.807, 2.05) is 20.8 Å². The van der Waals surface area contributed by atoms with E-state index >= 15 is 0 Å². The van der Waals surface area contributed by atoms with Crippen molar-refractivity contribution in [2.45, 2.75) is 26.8 Å². The summed E-state index contributed by atoms with van der Waals surface area (Å²) in [6.45, 7) is 6.32. The molecule has 0 heterocycles. The molecule has 0 rings (SSSR count). The van der Waals surface area contributed by atoms with E-state index in [1.165, 1.54) is 4.90 Å². The fraction of sp³-hybridized carbons (Fsp3) is 0.778. The van der Waals surface area contributed by atoms with Crippen molar-refractivity contribution in [3.8, 4) is 0 Å². The number of amides is 2. The van der Waals surface area contributed by atoms with Crippen LogP contribution in [-0.4, -0.2) is 41.2 Å². The molecule has 14 heavy (non-hydrogen) atoms. The van der Waals surface area contributed by atoms with Crippen molar-refractivity contribution < 1.29 is 9.59 Å². The Bertz CT molecular complexity index is 207. The van der Waals surface area contributed by atoms with Crippen LogP contribution in [0.15, 0.2) is 0 Å². The molecule has 0 bridgehead atoms. The maximum absolute atomic E-state index is 11.3. The van der Waals surface area contributed by atoms with Crippen molar-refractivity contribution in [1.82, 2.24) is 10.2 Å². The van der Waals surface area contributed by atoms with Gasteiger partial charge in [0.15, 0.2) is 0 Å². The largest absolute Gasteiger partial charge is 0.352 e. The minimum absolute atomic E-state index is 0.0635. The molecular formula is C9H17BrN2O2. The van der Waals surface area contributed by atoms with Gasteiger partial charge in [0.05, 0.1) is 11.9 Å². The average Bonchev–Trinajstić information content (AvgIpc) is 2.11. The quantitative estimate of drug-likeness (QED) is 0.746. The molecule has 1 N–H and O–H groups in total. The van der Waals surface area contributed by atoms with Gasteiger partial charge < -0.3 is 10.2 Å². The molecule has 0 radical (unpaired) electrons. The SMILES string of the molecule is CCN(CC(=O)NC(C)C)C(=O)CBr. The fourth-order valence-electron chi connectivity index (χ4n) is 1.00. The van der Waals surface area contributed by atoms with Gasteiger partial charge in [0.2, 0.25) is 11.8 Å². The Morgan fingerprint density at radius 3 is 2.36 bits per heavy atom. The molecule has 0 spiro atoms. The minimum Gasteiger partial charge on any atom is -0.352 e. The fourth-order valence-corrected chi connectivity index (χ4v) is 1.36. The van der Waals surface area contributed by atoms with Gasteiger partial charge >= 0.3 is 0 Å². The number of carbonyl (C=O) groups excluding carboxylic acids is 2. The summed E-state index contributed by atoms with van der Waals surface area (Å²) in [6.07, 6.45) is 0. The predicted molar refractivity (Wildman–Crippen MR) is 59.3 cm³/mol. The van der Waals surface area contributed by atoms with Crippen LogP contribution in [0.3, 0.4) is 0 Å². The first-order chi connectivity index (χ1) is 6.51. The van der Waals surface area contributed by atoms with Crippen LogP contribution in [-0.2, 0) is 9.59 Å². The van der Waals surface area contributed by atoms with Gasteiger partial charge in [-0.1, -0.05) is 15.9 Å². The van der Waals surface area contributed by atoms with Crippen LogP contribution in [0.25, 0.3) is 0 Å². The van der Waals surface area contributed by atoms with Gasteiger partial charge in [-0.15, -0.1) is 0 Å². The van der Waals surface area contributed by atoms with Crippen LogP contribution in [0.2, 0.25) is 0 Å². The first kappa shape index (κ1) is 13.4. The summed E-state index contributed by atoms with van der Waals surface area (Å²) in [5, 5.41) is 3.00. The Labute approximate surface area is 93.2 Å². The first-order valence-electron chi connectivity index (χ1n) is 4.64. The first-order valence-corrected chi connectivity index (χ1v) is 5.76. The molecule has 0 atom stereocenters. The van der Waals surface area contributed by atoms with Gasteiger partial charge in [-0.3, -0.25) is 9.59 Å². The molecular weight excluding hydrogens is 248 g/mol. The van der Waals surface area contributed by atoms with Crippen molar-refractivity contribution in [1.29, 1.82) is 0 Å². The van der Waals surface area contributed by atoms with Crippen LogP contribution in [0.4, 0.5) is 0 Å². The third-order valence-electron chi connectivity index (χ3n) is 1.63. The van der Waals surface area contributed by atoms with E-state index in [0.29, 0.717) is 6.54 Å². The molecule has 0 saturated heterocycles. The molecule has 0 saturated carbocycles. The highest BCUT2D eigenvalue weighted by atomic mass is 79.9. The molecule has 0 aromatic carbocycles. The lowest BCUT2D eigenvalue weighted by molar-refractivity contribution is -0.133. The summed E-state index contributed by atoms with van der Waals surface area (Å²) in [5.74, 6) is -0.178. The summed E-state index contributed by atoms with van der Waals surface area (Å²) in [6, 6.07) is 0.111. The zero-order chi connectivity index (χ0) is 11.1. The monoisotopic (exact) mass is 264 g/mol.